The molecule has 20 heavy (non-hydrogen) atoms. The minimum absolute atomic E-state index is 0.0774. The number of nitrogens with one attached hydrogen (secondary N) is 1. The van der Waals surface area contributed by atoms with Crippen molar-refractivity contribution in [2.75, 3.05) is 26.2 Å². The van der Waals surface area contributed by atoms with Gasteiger partial charge < -0.3 is 5.32 Å². The monoisotopic (exact) mass is 278 g/mol. The van der Waals surface area contributed by atoms with E-state index in [1.54, 1.807) is 12.1 Å². The second-order valence-corrected chi connectivity index (χ2v) is 5.89. The molecule has 0 radical (unpaired) electrons. The molecule has 1 unspecified atom stereocenters. The van der Waals surface area contributed by atoms with E-state index in [0.29, 0.717) is 0 Å². The van der Waals surface area contributed by atoms with Crippen molar-refractivity contribution in [2.45, 2.75) is 39.2 Å². The molecule has 2 nitrogen and oxygen atoms in total. The summed E-state index contributed by atoms with van der Waals surface area (Å²) < 4.78 is 14.0. The van der Waals surface area contributed by atoms with Crippen LogP contribution in [0.4, 0.5) is 4.39 Å². The fraction of sp³-hybridized carbons (Fsp3) is 0.647. The molecule has 0 spiro atoms. The van der Waals surface area contributed by atoms with Crippen LogP contribution >= 0.6 is 0 Å². The highest BCUT2D eigenvalue weighted by Crippen LogP contribution is 2.25. The van der Waals surface area contributed by atoms with E-state index in [1.807, 2.05) is 12.1 Å². The summed E-state index contributed by atoms with van der Waals surface area (Å²) in [6.07, 6.45) is 3.60. The normalized spacial score (nSPS) is 18.4. The first-order valence-corrected chi connectivity index (χ1v) is 7.91. The lowest BCUT2D eigenvalue weighted by Crippen LogP contribution is -2.38. The summed E-state index contributed by atoms with van der Waals surface area (Å²) in [4.78, 5) is 2.45. The molecule has 1 aromatic rings. The molecular weight excluding hydrogens is 251 g/mol. The molecular formula is C17H27FN2. The zero-order valence-electron chi connectivity index (χ0n) is 12.7. The molecule has 1 heterocycles. The summed E-state index contributed by atoms with van der Waals surface area (Å²) in [6, 6.07) is 7.35. The Morgan fingerprint density at radius 3 is 2.65 bits per heavy atom. The fourth-order valence-corrected chi connectivity index (χ4v) is 3.14. The number of halogens is 1. The van der Waals surface area contributed by atoms with Gasteiger partial charge >= 0.3 is 0 Å². The Labute approximate surface area is 122 Å². The van der Waals surface area contributed by atoms with Gasteiger partial charge in [0.1, 0.15) is 5.82 Å². The maximum absolute atomic E-state index is 14.0. The maximum Gasteiger partial charge on any atom is 0.127 e. The summed E-state index contributed by atoms with van der Waals surface area (Å²) in [7, 11) is 0. The van der Waals surface area contributed by atoms with Crippen molar-refractivity contribution in [2.24, 2.45) is 5.92 Å². The van der Waals surface area contributed by atoms with Crippen LogP contribution in [0.1, 0.15) is 44.7 Å². The van der Waals surface area contributed by atoms with Crippen molar-refractivity contribution in [3.8, 4) is 0 Å². The van der Waals surface area contributed by atoms with Gasteiger partial charge in [-0.1, -0.05) is 25.1 Å². The first-order valence-electron chi connectivity index (χ1n) is 7.91. The van der Waals surface area contributed by atoms with Crippen LogP contribution < -0.4 is 5.32 Å². The van der Waals surface area contributed by atoms with Crippen molar-refractivity contribution in [3.63, 3.8) is 0 Å². The van der Waals surface area contributed by atoms with Crippen molar-refractivity contribution < 1.29 is 4.39 Å². The Balaban J connectivity index is 2.04. The minimum Gasteiger partial charge on any atom is -0.317 e. The molecule has 3 heteroatoms. The topological polar surface area (TPSA) is 15.3 Å². The molecule has 0 aliphatic carbocycles. The van der Waals surface area contributed by atoms with Crippen molar-refractivity contribution in [3.05, 3.63) is 35.6 Å². The number of rotatable bonds is 6. The summed E-state index contributed by atoms with van der Waals surface area (Å²) in [5.41, 5.74) is 0.829. The number of benzene rings is 1. The van der Waals surface area contributed by atoms with E-state index in [4.69, 9.17) is 0 Å². The molecule has 0 saturated carbocycles. The van der Waals surface area contributed by atoms with Gasteiger partial charge in [-0.15, -0.1) is 0 Å². The molecule has 1 aliphatic rings. The van der Waals surface area contributed by atoms with E-state index in [2.05, 4.69) is 24.1 Å². The third-order valence-electron chi connectivity index (χ3n) is 4.37. The Morgan fingerprint density at radius 1 is 1.30 bits per heavy atom. The number of nitrogens with zero attached hydrogens (tertiary/aromatic N) is 1. The lowest BCUT2D eigenvalue weighted by molar-refractivity contribution is 0.158. The Bertz CT molecular complexity index is 402. The highest BCUT2D eigenvalue weighted by Gasteiger charge is 2.22. The molecule has 1 N–H and O–H groups in total. The largest absolute Gasteiger partial charge is 0.317 e. The van der Waals surface area contributed by atoms with Gasteiger partial charge in [-0.2, -0.15) is 0 Å². The third kappa shape index (κ3) is 4.03. The Kier molecular flexibility index (Phi) is 5.99. The molecule has 1 fully saturated rings. The molecule has 0 aromatic heterocycles. The van der Waals surface area contributed by atoms with Crippen LogP contribution in [0.3, 0.4) is 0 Å². The van der Waals surface area contributed by atoms with E-state index >= 15 is 0 Å². The van der Waals surface area contributed by atoms with Crippen LogP contribution in [0, 0.1) is 11.7 Å². The van der Waals surface area contributed by atoms with Crippen LogP contribution in [0.15, 0.2) is 24.3 Å². The lowest BCUT2D eigenvalue weighted by Gasteiger charge is -2.34. The van der Waals surface area contributed by atoms with E-state index in [1.165, 1.54) is 12.8 Å². The van der Waals surface area contributed by atoms with Crippen molar-refractivity contribution >= 4 is 0 Å². The average Bonchev–Trinajstić information content (AvgIpc) is 2.48. The molecule has 1 atom stereocenters. The Morgan fingerprint density at radius 2 is 2.00 bits per heavy atom. The predicted molar refractivity (Wildman–Crippen MR) is 82.3 cm³/mol. The molecule has 1 aliphatic heterocycles. The van der Waals surface area contributed by atoms with Crippen LogP contribution in [0.2, 0.25) is 0 Å². The second kappa shape index (κ2) is 7.75. The number of hydrogen-bond donors (Lipinski definition) is 1. The van der Waals surface area contributed by atoms with E-state index < -0.39 is 0 Å². The van der Waals surface area contributed by atoms with Crippen molar-refractivity contribution in [1.29, 1.82) is 0 Å². The van der Waals surface area contributed by atoms with Crippen molar-refractivity contribution in [1.82, 2.24) is 10.2 Å². The zero-order valence-corrected chi connectivity index (χ0v) is 12.7. The van der Waals surface area contributed by atoms with Gasteiger partial charge in [0.15, 0.2) is 0 Å². The summed E-state index contributed by atoms with van der Waals surface area (Å²) in [6.45, 7) is 8.71. The smallest absolute Gasteiger partial charge is 0.127 e. The molecule has 1 saturated heterocycles. The van der Waals surface area contributed by atoms with Crippen LogP contribution in [0.5, 0.6) is 0 Å². The zero-order chi connectivity index (χ0) is 14.4. The standard InChI is InChI=1S/C17H27FN2/c1-3-12-20(13-15-8-10-19-11-9-15)14(2)16-6-4-5-7-17(16)18/h4-7,14-15,19H,3,8-13H2,1-2H3. The van der Waals surface area contributed by atoms with Gasteiger partial charge in [-0.05, 0) is 57.8 Å². The molecule has 112 valence electrons. The van der Waals surface area contributed by atoms with Crippen LogP contribution in [-0.2, 0) is 0 Å². The molecule has 0 bridgehead atoms. The van der Waals surface area contributed by atoms with E-state index in [9.17, 15) is 4.39 Å². The summed E-state index contributed by atoms with van der Waals surface area (Å²) in [5.74, 6) is 0.670. The van der Waals surface area contributed by atoms with Gasteiger partial charge in [-0.3, -0.25) is 4.90 Å². The lowest BCUT2D eigenvalue weighted by atomic mass is 9.96. The highest BCUT2D eigenvalue weighted by atomic mass is 19.1. The second-order valence-electron chi connectivity index (χ2n) is 5.89. The average molecular weight is 278 g/mol. The molecule has 2 rings (SSSR count). The fourth-order valence-electron chi connectivity index (χ4n) is 3.14. The highest BCUT2D eigenvalue weighted by molar-refractivity contribution is 5.20. The summed E-state index contributed by atoms with van der Waals surface area (Å²) >= 11 is 0. The number of piperidine rings is 1. The SMILES string of the molecule is CCCN(CC1CCNCC1)C(C)c1ccccc1F. The van der Waals surface area contributed by atoms with E-state index in [0.717, 1.165) is 44.1 Å². The molecule has 0 amide bonds. The summed E-state index contributed by atoms with van der Waals surface area (Å²) in [5, 5.41) is 3.41. The predicted octanol–water partition coefficient (Wildman–Crippen LogP) is 3.60. The van der Waals surface area contributed by atoms with E-state index in [-0.39, 0.29) is 11.9 Å². The molecule has 1 aromatic carbocycles. The Hall–Kier alpha value is -0.930. The van der Waals surface area contributed by atoms with Gasteiger partial charge in [0.2, 0.25) is 0 Å². The third-order valence-corrected chi connectivity index (χ3v) is 4.37. The first-order chi connectivity index (χ1) is 9.72. The number of hydrogen-bond acceptors (Lipinski definition) is 2. The van der Waals surface area contributed by atoms with Crippen LogP contribution in [0.25, 0.3) is 0 Å². The van der Waals surface area contributed by atoms with Gasteiger partial charge in [-0.25, -0.2) is 4.39 Å². The maximum atomic E-state index is 14.0. The quantitative estimate of drug-likeness (QED) is 0.855. The minimum atomic E-state index is -0.0774. The first kappa shape index (κ1) is 15.5. The van der Waals surface area contributed by atoms with Crippen LogP contribution in [-0.4, -0.2) is 31.1 Å². The van der Waals surface area contributed by atoms with Gasteiger partial charge in [0.25, 0.3) is 0 Å². The van der Waals surface area contributed by atoms with Gasteiger partial charge in [0.05, 0.1) is 0 Å². The van der Waals surface area contributed by atoms with Gasteiger partial charge in [0, 0.05) is 18.2 Å².